The summed E-state index contributed by atoms with van der Waals surface area (Å²) in [5.74, 6) is 0.291. The van der Waals surface area contributed by atoms with Gasteiger partial charge >= 0.3 is 0 Å². The fraction of sp³-hybridized carbons (Fsp3) is 0.250. The second-order valence-electron chi connectivity index (χ2n) is 3.94. The van der Waals surface area contributed by atoms with Gasteiger partial charge in [-0.3, -0.25) is 5.10 Å². The van der Waals surface area contributed by atoms with Gasteiger partial charge in [-0.25, -0.2) is 0 Å². The highest BCUT2D eigenvalue weighted by Crippen LogP contribution is 2.24. The minimum Gasteiger partial charge on any atom is -0.508 e. The minimum atomic E-state index is 0.291. The van der Waals surface area contributed by atoms with E-state index in [2.05, 4.69) is 31.4 Å². The first-order valence-electron chi connectivity index (χ1n) is 5.30. The van der Waals surface area contributed by atoms with E-state index in [9.17, 15) is 5.11 Å². The smallest absolute Gasteiger partial charge is 0.120 e. The van der Waals surface area contributed by atoms with Crippen LogP contribution >= 0.6 is 15.9 Å². The van der Waals surface area contributed by atoms with E-state index in [1.807, 2.05) is 26.0 Å². The summed E-state index contributed by atoms with van der Waals surface area (Å²) in [6.45, 7) is 4.46. The van der Waals surface area contributed by atoms with Gasteiger partial charge in [-0.05, 0) is 32.0 Å². The largest absolute Gasteiger partial charge is 0.508 e. The Labute approximate surface area is 108 Å². The van der Waals surface area contributed by atoms with Crippen molar-refractivity contribution in [2.75, 3.05) is 5.32 Å². The molecule has 3 N–H and O–H groups in total. The van der Waals surface area contributed by atoms with E-state index in [4.69, 9.17) is 0 Å². The molecule has 0 spiro atoms. The number of aromatic nitrogens is 2. The van der Waals surface area contributed by atoms with Gasteiger partial charge in [0.25, 0.3) is 0 Å². The third-order valence-electron chi connectivity index (χ3n) is 2.63. The molecule has 0 saturated heterocycles. The van der Waals surface area contributed by atoms with Crippen LogP contribution in [0.4, 0.5) is 5.69 Å². The zero-order chi connectivity index (χ0) is 12.4. The maximum atomic E-state index is 9.72. The van der Waals surface area contributed by atoms with Gasteiger partial charge in [0, 0.05) is 16.6 Å². The Balaban J connectivity index is 2.15. The lowest BCUT2D eigenvalue weighted by Gasteiger charge is -2.08. The summed E-state index contributed by atoms with van der Waals surface area (Å²) in [5, 5.41) is 20.0. The Morgan fingerprint density at radius 2 is 2.18 bits per heavy atom. The minimum absolute atomic E-state index is 0.291. The van der Waals surface area contributed by atoms with E-state index in [0.717, 1.165) is 27.1 Å². The van der Waals surface area contributed by atoms with Gasteiger partial charge in [-0.2, -0.15) is 5.10 Å². The van der Waals surface area contributed by atoms with Gasteiger partial charge < -0.3 is 10.4 Å². The van der Waals surface area contributed by atoms with Crippen molar-refractivity contribution in [2.24, 2.45) is 0 Å². The number of hydrogen-bond acceptors (Lipinski definition) is 3. The summed E-state index contributed by atoms with van der Waals surface area (Å²) in [7, 11) is 0. The van der Waals surface area contributed by atoms with Crippen molar-refractivity contribution in [1.29, 1.82) is 0 Å². The zero-order valence-corrected chi connectivity index (χ0v) is 11.3. The average molecular weight is 296 g/mol. The van der Waals surface area contributed by atoms with Gasteiger partial charge in [0.2, 0.25) is 0 Å². The quantitative estimate of drug-likeness (QED) is 0.815. The summed E-state index contributed by atoms with van der Waals surface area (Å²) in [5.41, 5.74) is 3.76. The molecular weight excluding hydrogens is 282 g/mol. The molecule has 0 atom stereocenters. The van der Waals surface area contributed by atoms with Crippen LogP contribution in [-0.4, -0.2) is 15.3 Å². The van der Waals surface area contributed by atoms with Crippen LogP contribution in [0.25, 0.3) is 0 Å². The molecule has 90 valence electrons. The number of nitrogens with one attached hydrogen (secondary N) is 2. The van der Waals surface area contributed by atoms with Gasteiger partial charge in [-0.15, -0.1) is 0 Å². The van der Waals surface area contributed by atoms with E-state index < -0.39 is 0 Å². The van der Waals surface area contributed by atoms with Crippen LogP contribution in [0.15, 0.2) is 22.7 Å². The topological polar surface area (TPSA) is 60.9 Å². The van der Waals surface area contributed by atoms with E-state index >= 15 is 0 Å². The van der Waals surface area contributed by atoms with Crippen molar-refractivity contribution in [3.05, 3.63) is 39.6 Å². The fourth-order valence-corrected chi connectivity index (χ4v) is 2.10. The first-order chi connectivity index (χ1) is 8.08. The molecule has 1 aromatic heterocycles. The normalized spacial score (nSPS) is 10.5. The van der Waals surface area contributed by atoms with Crippen molar-refractivity contribution in [3.8, 4) is 5.75 Å². The highest BCUT2D eigenvalue weighted by atomic mass is 79.9. The van der Waals surface area contributed by atoms with Crippen LogP contribution in [0.1, 0.15) is 17.0 Å². The summed E-state index contributed by atoms with van der Waals surface area (Å²) in [6, 6.07) is 5.39. The molecule has 1 aromatic carbocycles. The molecule has 0 aliphatic carbocycles. The van der Waals surface area contributed by atoms with Crippen LogP contribution in [0.5, 0.6) is 5.75 Å². The maximum absolute atomic E-state index is 9.72. The molecule has 0 aliphatic rings. The highest BCUT2D eigenvalue weighted by molar-refractivity contribution is 9.10. The fourth-order valence-electron chi connectivity index (χ4n) is 1.69. The lowest BCUT2D eigenvalue weighted by Crippen LogP contribution is -2.01. The molecule has 0 saturated carbocycles. The predicted molar refractivity (Wildman–Crippen MR) is 71.2 cm³/mol. The number of benzene rings is 1. The SMILES string of the molecule is Cc1n[nH]c(C)c1NCc1cc(Br)ccc1O. The first kappa shape index (κ1) is 12.0. The molecule has 0 unspecified atom stereocenters. The van der Waals surface area contributed by atoms with Crippen LogP contribution in [0.3, 0.4) is 0 Å². The molecule has 0 fully saturated rings. The molecule has 0 radical (unpaired) electrons. The number of phenolic OH excluding ortho intramolecular Hbond substituents is 1. The molecule has 0 aliphatic heterocycles. The Morgan fingerprint density at radius 1 is 1.41 bits per heavy atom. The van der Waals surface area contributed by atoms with Crippen molar-refractivity contribution in [3.63, 3.8) is 0 Å². The predicted octanol–water partition coefficient (Wildman–Crippen LogP) is 3.11. The second kappa shape index (κ2) is 4.79. The molecule has 5 heteroatoms. The Kier molecular flexibility index (Phi) is 3.38. The van der Waals surface area contributed by atoms with Crippen LogP contribution in [0, 0.1) is 13.8 Å². The lowest BCUT2D eigenvalue weighted by atomic mass is 10.2. The number of aryl methyl sites for hydroxylation is 2. The van der Waals surface area contributed by atoms with Gasteiger partial charge in [-0.1, -0.05) is 15.9 Å². The Hall–Kier alpha value is -1.49. The first-order valence-corrected chi connectivity index (χ1v) is 6.10. The van der Waals surface area contributed by atoms with Gasteiger partial charge in [0.15, 0.2) is 0 Å². The van der Waals surface area contributed by atoms with E-state index in [0.29, 0.717) is 12.3 Å². The molecule has 0 amide bonds. The molecule has 4 nitrogen and oxygen atoms in total. The zero-order valence-electron chi connectivity index (χ0n) is 9.71. The molecule has 2 aromatic rings. The highest BCUT2D eigenvalue weighted by Gasteiger charge is 2.07. The lowest BCUT2D eigenvalue weighted by molar-refractivity contribution is 0.469. The van der Waals surface area contributed by atoms with Gasteiger partial charge in [0.05, 0.1) is 17.1 Å². The van der Waals surface area contributed by atoms with Crippen LogP contribution in [-0.2, 0) is 6.54 Å². The van der Waals surface area contributed by atoms with E-state index in [-0.39, 0.29) is 0 Å². The summed E-state index contributed by atoms with van der Waals surface area (Å²) in [6.07, 6.45) is 0. The monoisotopic (exact) mass is 295 g/mol. The Morgan fingerprint density at radius 3 is 2.82 bits per heavy atom. The van der Waals surface area contributed by atoms with Crippen molar-refractivity contribution >= 4 is 21.6 Å². The summed E-state index contributed by atoms with van der Waals surface area (Å²) >= 11 is 3.39. The number of halogens is 1. The van der Waals surface area contributed by atoms with E-state index in [1.54, 1.807) is 6.07 Å². The van der Waals surface area contributed by atoms with Gasteiger partial charge in [0.1, 0.15) is 5.75 Å². The number of hydrogen-bond donors (Lipinski definition) is 3. The van der Waals surface area contributed by atoms with E-state index in [1.165, 1.54) is 0 Å². The van der Waals surface area contributed by atoms with Crippen LogP contribution in [0.2, 0.25) is 0 Å². The molecule has 1 heterocycles. The third kappa shape index (κ3) is 2.61. The number of aromatic hydroxyl groups is 1. The maximum Gasteiger partial charge on any atom is 0.120 e. The van der Waals surface area contributed by atoms with Crippen LogP contribution < -0.4 is 5.32 Å². The average Bonchev–Trinajstić information content (AvgIpc) is 2.61. The number of aromatic amines is 1. The van der Waals surface area contributed by atoms with Crippen molar-refractivity contribution < 1.29 is 5.11 Å². The number of H-pyrrole nitrogens is 1. The number of nitrogens with zero attached hydrogens (tertiary/aromatic N) is 1. The molecular formula is C12H14BrN3O. The Bertz CT molecular complexity index is 517. The number of rotatable bonds is 3. The molecule has 2 rings (SSSR count). The molecule has 0 bridgehead atoms. The molecule has 17 heavy (non-hydrogen) atoms. The standard InChI is InChI=1S/C12H14BrN3O/c1-7-12(8(2)16-15-7)14-6-9-5-10(13)3-4-11(9)17/h3-5,14,17H,6H2,1-2H3,(H,15,16). The number of anilines is 1. The summed E-state index contributed by atoms with van der Waals surface area (Å²) < 4.78 is 0.952. The summed E-state index contributed by atoms with van der Waals surface area (Å²) in [4.78, 5) is 0. The third-order valence-corrected chi connectivity index (χ3v) is 3.12. The number of phenols is 1. The van der Waals surface area contributed by atoms with Crippen molar-refractivity contribution in [2.45, 2.75) is 20.4 Å². The second-order valence-corrected chi connectivity index (χ2v) is 4.85. The van der Waals surface area contributed by atoms with Crippen molar-refractivity contribution in [1.82, 2.24) is 10.2 Å².